The fourth-order valence-corrected chi connectivity index (χ4v) is 4.66. The van der Waals surface area contributed by atoms with Gasteiger partial charge >= 0.3 is 0 Å². The fraction of sp³-hybridized carbons (Fsp3) is 0.0741. The summed E-state index contributed by atoms with van der Waals surface area (Å²) in [4.78, 5) is 24.4. The van der Waals surface area contributed by atoms with Crippen LogP contribution < -0.4 is 9.64 Å². The number of anilines is 1. The molecule has 162 valence electrons. The van der Waals surface area contributed by atoms with Crippen LogP contribution in [-0.4, -0.2) is 23.0 Å². The third-order valence-electron chi connectivity index (χ3n) is 5.37. The number of para-hydroxylation sites is 1. The molecule has 0 saturated carbocycles. The van der Waals surface area contributed by atoms with E-state index in [0.717, 1.165) is 26.9 Å². The minimum Gasteiger partial charge on any atom is -0.494 e. The average molecular weight is 452 g/mol. The molecule has 0 fully saturated rings. The average Bonchev–Trinajstić information content (AvgIpc) is 3.32. The van der Waals surface area contributed by atoms with E-state index in [1.165, 1.54) is 11.3 Å². The molecule has 5 aromatic rings. The smallest absolute Gasteiger partial charge is 0.260 e. The molecule has 2 aromatic heterocycles. The number of benzene rings is 3. The molecule has 0 radical (unpaired) electrons. The second-order valence-corrected chi connectivity index (χ2v) is 8.51. The summed E-state index contributed by atoms with van der Waals surface area (Å²) in [5, 5.41) is 0.621. The first kappa shape index (κ1) is 20.8. The van der Waals surface area contributed by atoms with Gasteiger partial charge in [-0.05, 0) is 47.0 Å². The maximum Gasteiger partial charge on any atom is 0.260 e. The molecular formula is C27H21N3O2S. The van der Waals surface area contributed by atoms with E-state index in [0.29, 0.717) is 23.0 Å². The lowest BCUT2D eigenvalue weighted by Crippen LogP contribution is -2.30. The van der Waals surface area contributed by atoms with Gasteiger partial charge in [-0.1, -0.05) is 65.9 Å². The minimum atomic E-state index is -0.114. The number of thiazole rings is 1. The number of ether oxygens (including phenoxy) is 1. The Balaban J connectivity index is 1.52. The van der Waals surface area contributed by atoms with Crippen LogP contribution in [0.4, 0.5) is 5.13 Å². The van der Waals surface area contributed by atoms with Gasteiger partial charge in [-0.3, -0.25) is 14.7 Å². The summed E-state index contributed by atoms with van der Waals surface area (Å²) in [5.41, 5.74) is 4.46. The Morgan fingerprint density at radius 2 is 1.70 bits per heavy atom. The van der Waals surface area contributed by atoms with Gasteiger partial charge in [-0.2, -0.15) is 0 Å². The fourth-order valence-electron chi connectivity index (χ4n) is 3.68. The maximum atomic E-state index is 13.7. The van der Waals surface area contributed by atoms with E-state index >= 15 is 0 Å². The predicted octanol–water partition coefficient (Wildman–Crippen LogP) is 6.21. The topological polar surface area (TPSA) is 55.3 Å². The number of hydrogen-bond donors (Lipinski definition) is 0. The Hall–Kier alpha value is -4.03. The van der Waals surface area contributed by atoms with E-state index in [2.05, 4.69) is 17.1 Å². The third-order valence-corrected chi connectivity index (χ3v) is 6.41. The molecule has 0 saturated heterocycles. The summed E-state index contributed by atoms with van der Waals surface area (Å²) in [5.74, 6) is 0.576. The maximum absolute atomic E-state index is 13.7. The molecule has 5 nitrogen and oxygen atoms in total. The number of amides is 1. The van der Waals surface area contributed by atoms with Crippen LogP contribution in [0.15, 0.2) is 97.3 Å². The molecular weight excluding hydrogens is 430 g/mol. The number of carbonyl (C=O) groups is 1. The second kappa shape index (κ2) is 9.22. The monoisotopic (exact) mass is 451 g/mol. The Bertz CT molecular complexity index is 1380. The number of carbonyl (C=O) groups excluding carboxylic acids is 1. The Morgan fingerprint density at radius 3 is 2.42 bits per heavy atom. The molecule has 0 atom stereocenters. The molecule has 0 N–H and O–H groups in total. The molecule has 0 spiro atoms. The summed E-state index contributed by atoms with van der Waals surface area (Å²) in [7, 11) is 1.63. The van der Waals surface area contributed by atoms with Gasteiger partial charge in [-0.25, -0.2) is 4.98 Å². The molecule has 0 unspecified atom stereocenters. The Labute approximate surface area is 195 Å². The summed E-state index contributed by atoms with van der Waals surface area (Å²) in [6, 6.07) is 27.4. The van der Waals surface area contributed by atoms with Crippen molar-refractivity contribution in [3.05, 3.63) is 108 Å². The van der Waals surface area contributed by atoms with Gasteiger partial charge in [0.1, 0.15) is 11.3 Å². The van der Waals surface area contributed by atoms with Crippen molar-refractivity contribution in [1.29, 1.82) is 0 Å². The van der Waals surface area contributed by atoms with Crippen LogP contribution in [0.5, 0.6) is 5.75 Å². The number of fused-ring (bicyclic) bond motifs is 1. The second-order valence-electron chi connectivity index (χ2n) is 7.50. The van der Waals surface area contributed by atoms with E-state index in [4.69, 9.17) is 9.72 Å². The van der Waals surface area contributed by atoms with Crippen molar-refractivity contribution >= 4 is 32.6 Å². The van der Waals surface area contributed by atoms with E-state index in [1.54, 1.807) is 24.4 Å². The summed E-state index contributed by atoms with van der Waals surface area (Å²) < 4.78 is 6.44. The molecule has 6 heteroatoms. The van der Waals surface area contributed by atoms with Crippen LogP contribution in [0.3, 0.4) is 0 Å². The van der Waals surface area contributed by atoms with Crippen molar-refractivity contribution in [3.63, 3.8) is 0 Å². The molecule has 0 aliphatic heterocycles. The van der Waals surface area contributed by atoms with E-state index in [9.17, 15) is 4.79 Å². The lowest BCUT2D eigenvalue weighted by atomic mass is 10.0. The molecule has 33 heavy (non-hydrogen) atoms. The summed E-state index contributed by atoms with van der Waals surface area (Å²) in [6.07, 6.45) is 3.49. The van der Waals surface area contributed by atoms with E-state index < -0.39 is 0 Å². The first-order valence-electron chi connectivity index (χ1n) is 10.5. The highest BCUT2D eigenvalue weighted by molar-refractivity contribution is 7.22. The molecule has 0 aliphatic rings. The zero-order valence-corrected chi connectivity index (χ0v) is 18.8. The molecule has 0 aliphatic carbocycles. The first-order valence-corrected chi connectivity index (χ1v) is 11.3. The highest BCUT2D eigenvalue weighted by atomic mass is 32.1. The van der Waals surface area contributed by atoms with Gasteiger partial charge in [0.25, 0.3) is 5.91 Å². The van der Waals surface area contributed by atoms with Gasteiger partial charge < -0.3 is 4.74 Å². The van der Waals surface area contributed by atoms with Gasteiger partial charge in [0.15, 0.2) is 5.13 Å². The third kappa shape index (κ3) is 4.33. The van der Waals surface area contributed by atoms with Crippen LogP contribution in [0, 0.1) is 0 Å². The van der Waals surface area contributed by atoms with Crippen molar-refractivity contribution < 1.29 is 9.53 Å². The normalized spacial score (nSPS) is 10.8. The van der Waals surface area contributed by atoms with Crippen molar-refractivity contribution in [1.82, 2.24) is 9.97 Å². The molecule has 5 rings (SSSR count). The summed E-state index contributed by atoms with van der Waals surface area (Å²) >= 11 is 1.47. The van der Waals surface area contributed by atoms with Crippen LogP contribution in [-0.2, 0) is 6.54 Å². The van der Waals surface area contributed by atoms with Crippen LogP contribution in [0.25, 0.3) is 21.3 Å². The van der Waals surface area contributed by atoms with Crippen molar-refractivity contribution in [2.45, 2.75) is 6.54 Å². The van der Waals surface area contributed by atoms with Crippen molar-refractivity contribution in [3.8, 4) is 16.9 Å². The standard InChI is InChI=1S/C27H21N3O2S/c1-32-23-10-5-11-24-25(23)29-27(33-24)30(18-19-7-6-16-28-17-19)26(31)22-14-12-21(13-15-22)20-8-3-2-4-9-20/h2-17H,18H2,1H3. The molecule has 3 aromatic carbocycles. The number of rotatable bonds is 6. The number of methoxy groups -OCH3 is 1. The van der Waals surface area contributed by atoms with Gasteiger partial charge in [0.2, 0.25) is 0 Å². The van der Waals surface area contributed by atoms with Crippen molar-refractivity contribution in [2.75, 3.05) is 12.0 Å². The Kier molecular flexibility index (Phi) is 5.83. The lowest BCUT2D eigenvalue weighted by molar-refractivity contribution is 0.0985. The van der Waals surface area contributed by atoms with Gasteiger partial charge in [-0.15, -0.1) is 0 Å². The summed E-state index contributed by atoms with van der Waals surface area (Å²) in [6.45, 7) is 0.370. The van der Waals surface area contributed by atoms with Crippen LogP contribution >= 0.6 is 11.3 Å². The SMILES string of the molecule is COc1cccc2sc(N(Cc3cccnc3)C(=O)c3ccc(-c4ccccc4)cc3)nc12. The highest BCUT2D eigenvalue weighted by Gasteiger charge is 2.23. The molecule has 2 heterocycles. The zero-order valence-electron chi connectivity index (χ0n) is 18.0. The van der Waals surface area contributed by atoms with Gasteiger partial charge in [0, 0.05) is 18.0 Å². The molecule has 1 amide bonds. The number of aromatic nitrogens is 2. The zero-order chi connectivity index (χ0) is 22.6. The van der Waals surface area contributed by atoms with E-state index in [1.807, 2.05) is 72.8 Å². The predicted molar refractivity (Wildman–Crippen MR) is 133 cm³/mol. The largest absolute Gasteiger partial charge is 0.494 e. The van der Waals surface area contributed by atoms with Gasteiger partial charge in [0.05, 0.1) is 18.4 Å². The van der Waals surface area contributed by atoms with Crippen molar-refractivity contribution in [2.24, 2.45) is 0 Å². The van der Waals surface area contributed by atoms with Crippen LogP contribution in [0.2, 0.25) is 0 Å². The quantitative estimate of drug-likeness (QED) is 0.308. The molecule has 0 bridgehead atoms. The number of pyridine rings is 1. The number of hydrogen-bond acceptors (Lipinski definition) is 5. The van der Waals surface area contributed by atoms with Crippen LogP contribution in [0.1, 0.15) is 15.9 Å². The van der Waals surface area contributed by atoms with E-state index in [-0.39, 0.29) is 5.91 Å². The lowest BCUT2D eigenvalue weighted by Gasteiger charge is -2.20. The highest BCUT2D eigenvalue weighted by Crippen LogP contribution is 2.35. The Morgan fingerprint density at radius 1 is 0.909 bits per heavy atom. The number of nitrogens with zero attached hydrogens (tertiary/aromatic N) is 3. The minimum absolute atomic E-state index is 0.114. The first-order chi connectivity index (χ1) is 16.2.